The number of hydrogen-bond acceptors (Lipinski definition) is 3. The van der Waals surface area contributed by atoms with Crippen molar-refractivity contribution in [1.82, 2.24) is 9.13 Å². The molecule has 0 saturated carbocycles. The minimum Gasteiger partial charge on any atom is -0.308 e. The van der Waals surface area contributed by atoms with Crippen molar-refractivity contribution < 1.29 is 0 Å². The molecule has 0 unspecified atom stereocenters. The van der Waals surface area contributed by atoms with E-state index in [4.69, 9.17) is 0 Å². The highest BCUT2D eigenvalue weighted by atomic mass is 15.0. The van der Waals surface area contributed by atoms with Crippen LogP contribution < -0.4 is 0 Å². The zero-order valence-electron chi connectivity index (χ0n) is 26.7. The maximum absolute atomic E-state index is 10.4. The molecule has 0 aliphatic heterocycles. The van der Waals surface area contributed by atoms with Gasteiger partial charge in [0.1, 0.15) is 12.1 Å². The quantitative estimate of drug-likeness (QED) is 0.193. The summed E-state index contributed by atoms with van der Waals surface area (Å²) in [4.78, 5) is 0. The smallest absolute Gasteiger partial charge is 0.101 e. The van der Waals surface area contributed by atoms with Crippen molar-refractivity contribution in [3.63, 3.8) is 0 Å². The molecule has 0 aliphatic carbocycles. The lowest BCUT2D eigenvalue weighted by Gasteiger charge is -2.17. The van der Waals surface area contributed by atoms with E-state index in [1.54, 1.807) is 0 Å². The monoisotopic (exact) mass is 635 g/mol. The van der Waals surface area contributed by atoms with Crippen LogP contribution in [0.1, 0.15) is 16.7 Å². The minimum atomic E-state index is 0.569. The summed E-state index contributed by atoms with van der Waals surface area (Å²) < 4.78 is 4.34. The summed E-state index contributed by atoms with van der Waals surface area (Å²) in [6.07, 6.45) is 0. The van der Waals surface area contributed by atoms with Gasteiger partial charge >= 0.3 is 0 Å². The normalized spacial score (nSPS) is 11.1. The van der Waals surface area contributed by atoms with E-state index in [-0.39, 0.29) is 0 Å². The molecule has 5 nitrogen and oxygen atoms in total. The zero-order chi connectivity index (χ0) is 33.8. The van der Waals surface area contributed by atoms with Gasteiger partial charge in [-0.15, -0.1) is 0 Å². The SMILES string of the molecule is N#Cc1ccc2c(c1)c1cccc(C#N)c1n2-c1cccc(-c2cccc(-c3cccc(C#N)c3-n3c4ccccc4c4ccccc43)c2)c1. The molecule has 0 fully saturated rings. The Morgan fingerprint density at radius 1 is 0.400 bits per heavy atom. The zero-order valence-corrected chi connectivity index (χ0v) is 26.7. The summed E-state index contributed by atoms with van der Waals surface area (Å²) in [5.74, 6) is 0. The molecular formula is C45H25N5. The second kappa shape index (κ2) is 11.4. The van der Waals surface area contributed by atoms with E-state index in [1.807, 2.05) is 66.7 Å². The van der Waals surface area contributed by atoms with Crippen LogP contribution in [0.2, 0.25) is 0 Å². The van der Waals surface area contributed by atoms with E-state index in [2.05, 4.69) is 112 Å². The maximum Gasteiger partial charge on any atom is 0.101 e. The van der Waals surface area contributed by atoms with Crippen molar-refractivity contribution in [3.8, 4) is 51.8 Å². The van der Waals surface area contributed by atoms with E-state index < -0.39 is 0 Å². The van der Waals surface area contributed by atoms with E-state index in [9.17, 15) is 15.8 Å². The Balaban J connectivity index is 1.24. The number of nitrogens with zero attached hydrogens (tertiary/aromatic N) is 5. The van der Waals surface area contributed by atoms with Gasteiger partial charge in [0.25, 0.3) is 0 Å². The molecule has 2 heterocycles. The van der Waals surface area contributed by atoms with E-state index in [0.29, 0.717) is 16.7 Å². The van der Waals surface area contributed by atoms with E-state index in [1.165, 1.54) is 0 Å². The van der Waals surface area contributed by atoms with Crippen molar-refractivity contribution in [2.75, 3.05) is 0 Å². The maximum atomic E-state index is 10.4. The van der Waals surface area contributed by atoms with Gasteiger partial charge in [-0.2, -0.15) is 15.8 Å². The van der Waals surface area contributed by atoms with Crippen LogP contribution in [0.5, 0.6) is 0 Å². The Bertz CT molecular complexity index is 2920. The molecule has 9 aromatic rings. The average Bonchev–Trinajstić information content (AvgIpc) is 3.70. The fraction of sp³-hybridized carbons (Fsp3) is 0. The lowest BCUT2D eigenvalue weighted by Crippen LogP contribution is -2.01. The summed E-state index contributed by atoms with van der Waals surface area (Å²) in [5, 5.41) is 34.3. The number of para-hydroxylation sites is 4. The number of rotatable bonds is 4. The molecule has 0 N–H and O–H groups in total. The number of fused-ring (bicyclic) bond motifs is 6. The first-order chi connectivity index (χ1) is 24.7. The van der Waals surface area contributed by atoms with Crippen molar-refractivity contribution in [3.05, 3.63) is 168 Å². The van der Waals surface area contributed by atoms with Crippen LogP contribution in [0.3, 0.4) is 0 Å². The Morgan fingerprint density at radius 2 is 1.00 bits per heavy atom. The Labute approximate surface area is 287 Å². The molecule has 0 saturated heterocycles. The molecule has 2 aromatic heterocycles. The van der Waals surface area contributed by atoms with Crippen LogP contribution in [0.15, 0.2) is 152 Å². The third-order valence-corrected chi connectivity index (χ3v) is 9.61. The predicted molar refractivity (Wildman–Crippen MR) is 200 cm³/mol. The van der Waals surface area contributed by atoms with Crippen molar-refractivity contribution >= 4 is 43.6 Å². The van der Waals surface area contributed by atoms with Crippen molar-refractivity contribution in [2.45, 2.75) is 0 Å². The molecule has 0 spiro atoms. The first-order valence-corrected chi connectivity index (χ1v) is 16.3. The molecule has 7 aromatic carbocycles. The third kappa shape index (κ3) is 4.31. The van der Waals surface area contributed by atoms with Crippen molar-refractivity contribution in [1.29, 1.82) is 15.8 Å². The highest BCUT2D eigenvalue weighted by Gasteiger charge is 2.20. The molecule has 50 heavy (non-hydrogen) atoms. The molecule has 230 valence electrons. The van der Waals surface area contributed by atoms with Crippen LogP contribution >= 0.6 is 0 Å². The highest BCUT2D eigenvalue weighted by molar-refractivity contribution is 6.12. The first kappa shape index (κ1) is 28.8. The second-order valence-corrected chi connectivity index (χ2v) is 12.3. The summed E-state index contributed by atoms with van der Waals surface area (Å²) >= 11 is 0. The van der Waals surface area contributed by atoms with Gasteiger partial charge in [0.15, 0.2) is 0 Å². The van der Waals surface area contributed by atoms with Gasteiger partial charge in [0, 0.05) is 32.8 Å². The summed E-state index contributed by atoms with van der Waals surface area (Å²) in [5.41, 5.74) is 11.3. The molecule has 0 amide bonds. The van der Waals surface area contributed by atoms with Crippen LogP contribution in [-0.2, 0) is 0 Å². The van der Waals surface area contributed by atoms with Crippen LogP contribution in [-0.4, -0.2) is 9.13 Å². The molecular weight excluding hydrogens is 611 g/mol. The fourth-order valence-corrected chi connectivity index (χ4v) is 7.46. The number of hydrogen-bond donors (Lipinski definition) is 0. The molecule has 0 aliphatic rings. The molecule has 0 radical (unpaired) electrons. The largest absolute Gasteiger partial charge is 0.308 e. The topological polar surface area (TPSA) is 81.2 Å². The van der Waals surface area contributed by atoms with Gasteiger partial charge < -0.3 is 9.13 Å². The first-order valence-electron chi connectivity index (χ1n) is 16.3. The van der Waals surface area contributed by atoms with E-state index >= 15 is 0 Å². The number of nitriles is 3. The fourth-order valence-electron chi connectivity index (χ4n) is 7.46. The van der Waals surface area contributed by atoms with Gasteiger partial charge in [-0.1, -0.05) is 91.0 Å². The average molecular weight is 636 g/mol. The van der Waals surface area contributed by atoms with Crippen LogP contribution in [0.4, 0.5) is 0 Å². The lowest BCUT2D eigenvalue weighted by atomic mass is 9.96. The Hall–Kier alpha value is -7.39. The molecule has 5 heteroatoms. The summed E-state index contributed by atoms with van der Waals surface area (Å²) in [6.45, 7) is 0. The predicted octanol–water partition coefficient (Wildman–Crippen LogP) is 10.8. The summed E-state index contributed by atoms with van der Waals surface area (Å²) in [6, 6.07) is 57.9. The van der Waals surface area contributed by atoms with Crippen LogP contribution in [0, 0.1) is 34.0 Å². The number of aromatic nitrogens is 2. The lowest BCUT2D eigenvalue weighted by molar-refractivity contribution is 1.17. The standard InChI is InChI=1S/C45H25N5/c46-26-29-21-22-43-40(23-29)39-18-8-13-34(28-48)45(39)49(43)35-14-6-10-31(25-35)30-9-5-11-32(24-30)36-17-7-12-33(27-47)44(36)50-41-19-3-1-15-37(41)38-16-2-4-20-42(38)50/h1-25H. The number of benzene rings is 7. The minimum absolute atomic E-state index is 0.569. The van der Waals surface area contributed by atoms with Crippen molar-refractivity contribution in [2.24, 2.45) is 0 Å². The third-order valence-electron chi connectivity index (χ3n) is 9.61. The Morgan fingerprint density at radius 3 is 1.74 bits per heavy atom. The van der Waals surface area contributed by atoms with Gasteiger partial charge in [-0.25, -0.2) is 0 Å². The van der Waals surface area contributed by atoms with Gasteiger partial charge in [0.2, 0.25) is 0 Å². The van der Waals surface area contributed by atoms with Gasteiger partial charge in [-0.3, -0.25) is 0 Å². The van der Waals surface area contributed by atoms with E-state index in [0.717, 1.165) is 77.2 Å². The molecule has 0 atom stereocenters. The highest BCUT2D eigenvalue weighted by Crippen LogP contribution is 2.40. The second-order valence-electron chi connectivity index (χ2n) is 12.3. The van der Waals surface area contributed by atoms with Crippen LogP contribution in [0.25, 0.3) is 77.2 Å². The Kier molecular flexibility index (Phi) is 6.56. The van der Waals surface area contributed by atoms with Gasteiger partial charge in [0.05, 0.1) is 50.5 Å². The molecule has 9 rings (SSSR count). The summed E-state index contributed by atoms with van der Waals surface area (Å²) in [7, 11) is 0. The van der Waals surface area contributed by atoms with Gasteiger partial charge in [-0.05, 0) is 77.4 Å². The molecule has 0 bridgehead atoms.